The fraction of sp³-hybridized carbons (Fsp3) is 1.00. The van der Waals surface area contributed by atoms with Crippen LogP contribution in [0.3, 0.4) is 0 Å². The molecule has 0 aromatic rings. The molecule has 0 bridgehead atoms. The summed E-state index contributed by atoms with van der Waals surface area (Å²) in [6.07, 6.45) is 2.18. The summed E-state index contributed by atoms with van der Waals surface area (Å²) in [6, 6.07) is 0. The molecule has 0 aliphatic carbocycles. The second-order valence-corrected chi connectivity index (χ2v) is 5.76. The lowest BCUT2D eigenvalue weighted by Gasteiger charge is -2.36. The maximum absolute atomic E-state index is 10.1. The highest BCUT2D eigenvalue weighted by molar-refractivity contribution is 7.99. The molecule has 2 unspecified atom stereocenters. The molecule has 0 aromatic heterocycles. The predicted molar refractivity (Wildman–Crippen MR) is 58.9 cm³/mol. The van der Waals surface area contributed by atoms with Gasteiger partial charge < -0.3 is 10.8 Å². The Kier molecular flexibility index (Phi) is 4.07. The van der Waals surface area contributed by atoms with Crippen LogP contribution in [0.5, 0.6) is 0 Å². The van der Waals surface area contributed by atoms with E-state index in [4.69, 9.17) is 5.73 Å². The average molecular weight is 203 g/mol. The quantitative estimate of drug-likeness (QED) is 0.730. The maximum atomic E-state index is 10.1. The van der Waals surface area contributed by atoms with E-state index >= 15 is 0 Å². The fourth-order valence-corrected chi connectivity index (χ4v) is 2.96. The van der Waals surface area contributed by atoms with Gasteiger partial charge in [0.25, 0.3) is 0 Å². The van der Waals surface area contributed by atoms with E-state index in [-0.39, 0.29) is 11.5 Å². The van der Waals surface area contributed by atoms with Gasteiger partial charge in [0.05, 0.1) is 6.10 Å². The molecule has 1 aliphatic rings. The van der Waals surface area contributed by atoms with Crippen molar-refractivity contribution in [1.29, 1.82) is 0 Å². The van der Waals surface area contributed by atoms with E-state index in [1.807, 2.05) is 11.8 Å². The Labute approximate surface area is 85.3 Å². The van der Waals surface area contributed by atoms with Crippen LogP contribution in [-0.4, -0.2) is 29.3 Å². The molecule has 1 rings (SSSR count). The first-order valence-corrected chi connectivity index (χ1v) is 6.19. The monoisotopic (exact) mass is 203 g/mol. The lowest BCUT2D eigenvalue weighted by atomic mass is 9.78. The van der Waals surface area contributed by atoms with Gasteiger partial charge in [0.2, 0.25) is 0 Å². The number of aliphatic hydroxyl groups excluding tert-OH is 1. The van der Waals surface area contributed by atoms with Crippen molar-refractivity contribution in [1.82, 2.24) is 0 Å². The van der Waals surface area contributed by atoms with Gasteiger partial charge in [0, 0.05) is 5.41 Å². The molecule has 13 heavy (non-hydrogen) atoms. The van der Waals surface area contributed by atoms with Crippen LogP contribution in [-0.2, 0) is 0 Å². The summed E-state index contributed by atoms with van der Waals surface area (Å²) in [5, 5.41) is 10.1. The Morgan fingerprint density at radius 2 is 2.31 bits per heavy atom. The van der Waals surface area contributed by atoms with E-state index in [0.29, 0.717) is 12.5 Å². The average Bonchev–Trinajstić information content (AvgIpc) is 2.18. The van der Waals surface area contributed by atoms with Crippen molar-refractivity contribution in [2.75, 3.05) is 18.1 Å². The second-order valence-electron chi connectivity index (χ2n) is 4.61. The smallest absolute Gasteiger partial charge is 0.0639 e. The van der Waals surface area contributed by atoms with Crippen LogP contribution in [0.4, 0.5) is 0 Å². The molecule has 1 heterocycles. The number of nitrogens with two attached hydrogens (primary N) is 1. The molecule has 0 saturated carbocycles. The Morgan fingerprint density at radius 1 is 1.62 bits per heavy atom. The molecule has 0 spiro atoms. The van der Waals surface area contributed by atoms with Crippen LogP contribution < -0.4 is 5.73 Å². The van der Waals surface area contributed by atoms with E-state index in [1.54, 1.807) is 0 Å². The zero-order chi connectivity index (χ0) is 9.90. The van der Waals surface area contributed by atoms with Crippen molar-refractivity contribution in [3.05, 3.63) is 0 Å². The Bertz CT molecular complexity index is 155. The molecule has 1 aliphatic heterocycles. The molecule has 3 heteroatoms. The van der Waals surface area contributed by atoms with E-state index in [0.717, 1.165) is 12.2 Å². The zero-order valence-corrected chi connectivity index (χ0v) is 9.44. The summed E-state index contributed by atoms with van der Waals surface area (Å²) in [5.74, 6) is 2.81. The first kappa shape index (κ1) is 11.3. The molecule has 1 saturated heterocycles. The summed E-state index contributed by atoms with van der Waals surface area (Å²) in [6.45, 7) is 4.67. The van der Waals surface area contributed by atoms with Gasteiger partial charge in [-0.3, -0.25) is 0 Å². The van der Waals surface area contributed by atoms with Crippen molar-refractivity contribution in [2.45, 2.75) is 32.8 Å². The van der Waals surface area contributed by atoms with Gasteiger partial charge >= 0.3 is 0 Å². The van der Waals surface area contributed by atoms with Gasteiger partial charge in [-0.2, -0.15) is 11.8 Å². The number of hydrogen-bond acceptors (Lipinski definition) is 3. The second kappa shape index (κ2) is 4.67. The number of rotatable bonds is 3. The summed E-state index contributed by atoms with van der Waals surface area (Å²) >= 11 is 1.96. The number of hydrogen-bond donors (Lipinski definition) is 2. The van der Waals surface area contributed by atoms with Gasteiger partial charge in [-0.15, -0.1) is 0 Å². The van der Waals surface area contributed by atoms with Gasteiger partial charge in [-0.05, 0) is 36.8 Å². The SMILES string of the molecule is CC(C)(CN)C(O)C1CCCSC1. The van der Waals surface area contributed by atoms with Crippen molar-refractivity contribution in [3.63, 3.8) is 0 Å². The third kappa shape index (κ3) is 2.86. The molecule has 0 amide bonds. The van der Waals surface area contributed by atoms with Crippen LogP contribution in [0.25, 0.3) is 0 Å². The van der Waals surface area contributed by atoms with Gasteiger partial charge in [-0.25, -0.2) is 0 Å². The number of aliphatic hydroxyl groups is 1. The highest BCUT2D eigenvalue weighted by Gasteiger charge is 2.33. The highest BCUT2D eigenvalue weighted by atomic mass is 32.2. The Hall–Kier alpha value is 0.270. The third-order valence-electron chi connectivity index (χ3n) is 2.97. The molecule has 3 N–H and O–H groups in total. The third-order valence-corrected chi connectivity index (χ3v) is 4.21. The predicted octanol–water partition coefficient (Wildman–Crippen LogP) is 1.48. The minimum Gasteiger partial charge on any atom is -0.392 e. The first-order chi connectivity index (χ1) is 6.08. The zero-order valence-electron chi connectivity index (χ0n) is 8.62. The molecule has 2 atom stereocenters. The molecular formula is C10H21NOS. The Balaban J connectivity index is 2.49. The normalized spacial score (nSPS) is 27.2. The summed E-state index contributed by atoms with van der Waals surface area (Å²) in [5.41, 5.74) is 5.52. The van der Waals surface area contributed by atoms with Gasteiger partial charge in [0.1, 0.15) is 0 Å². The van der Waals surface area contributed by atoms with Crippen molar-refractivity contribution >= 4 is 11.8 Å². The van der Waals surface area contributed by atoms with E-state index in [1.165, 1.54) is 12.2 Å². The van der Waals surface area contributed by atoms with Crippen LogP contribution in [0, 0.1) is 11.3 Å². The van der Waals surface area contributed by atoms with Crippen LogP contribution in [0.2, 0.25) is 0 Å². The van der Waals surface area contributed by atoms with Crippen molar-refractivity contribution < 1.29 is 5.11 Å². The van der Waals surface area contributed by atoms with E-state index in [9.17, 15) is 5.11 Å². The van der Waals surface area contributed by atoms with Crippen LogP contribution >= 0.6 is 11.8 Å². The molecular weight excluding hydrogens is 182 g/mol. The van der Waals surface area contributed by atoms with E-state index in [2.05, 4.69) is 13.8 Å². The largest absolute Gasteiger partial charge is 0.392 e. The molecule has 0 radical (unpaired) electrons. The molecule has 78 valence electrons. The summed E-state index contributed by atoms with van der Waals surface area (Å²) in [4.78, 5) is 0. The van der Waals surface area contributed by atoms with Gasteiger partial charge in [0.15, 0.2) is 0 Å². The topological polar surface area (TPSA) is 46.2 Å². The lowest BCUT2D eigenvalue weighted by Crippen LogP contribution is -2.42. The lowest BCUT2D eigenvalue weighted by molar-refractivity contribution is 0.0103. The first-order valence-electron chi connectivity index (χ1n) is 5.04. The van der Waals surface area contributed by atoms with Gasteiger partial charge in [-0.1, -0.05) is 13.8 Å². The van der Waals surface area contributed by atoms with Crippen molar-refractivity contribution in [3.8, 4) is 0 Å². The molecule has 0 aromatic carbocycles. The van der Waals surface area contributed by atoms with E-state index < -0.39 is 0 Å². The summed E-state index contributed by atoms with van der Waals surface area (Å²) < 4.78 is 0. The minimum atomic E-state index is -0.231. The Morgan fingerprint density at radius 3 is 2.77 bits per heavy atom. The maximum Gasteiger partial charge on any atom is 0.0639 e. The number of thioether (sulfide) groups is 1. The van der Waals surface area contributed by atoms with Crippen LogP contribution in [0.1, 0.15) is 26.7 Å². The fourth-order valence-electron chi connectivity index (χ4n) is 1.77. The summed E-state index contributed by atoms with van der Waals surface area (Å²) in [7, 11) is 0. The highest BCUT2D eigenvalue weighted by Crippen LogP contribution is 2.33. The minimum absolute atomic E-state index is 0.122. The molecule has 1 fully saturated rings. The standard InChI is InChI=1S/C10H21NOS/c1-10(2,7-11)9(12)8-4-3-5-13-6-8/h8-9,12H,3-7,11H2,1-2H3. The van der Waals surface area contributed by atoms with Crippen molar-refractivity contribution in [2.24, 2.45) is 17.1 Å². The van der Waals surface area contributed by atoms with Crippen LogP contribution in [0.15, 0.2) is 0 Å². The molecule has 2 nitrogen and oxygen atoms in total.